The first-order chi connectivity index (χ1) is 39.7. The van der Waals surface area contributed by atoms with Gasteiger partial charge in [-0.2, -0.15) is 0 Å². The summed E-state index contributed by atoms with van der Waals surface area (Å²) in [6, 6.07) is 105. The van der Waals surface area contributed by atoms with Gasteiger partial charge in [-0.05, 0) is 68.3 Å². The Hall–Kier alpha value is -10.5. The van der Waals surface area contributed by atoms with Crippen molar-refractivity contribution in [1.29, 1.82) is 0 Å². The summed E-state index contributed by atoms with van der Waals surface area (Å²) in [6.45, 7) is 0. The summed E-state index contributed by atoms with van der Waals surface area (Å²) in [7, 11) is -2.91. The zero-order valence-corrected chi connectivity index (χ0v) is 44.4. The van der Waals surface area contributed by atoms with E-state index in [9.17, 15) is 0 Å². The van der Waals surface area contributed by atoms with E-state index in [4.69, 9.17) is 29.9 Å². The molecule has 0 amide bonds. The Kier molecular flexibility index (Phi) is 12.4. The molecule has 8 heteroatoms. The molecule has 0 saturated heterocycles. The van der Waals surface area contributed by atoms with E-state index in [0.29, 0.717) is 34.9 Å². The maximum atomic E-state index is 5.41. The quantitative estimate of drug-likeness (QED) is 0.0896. The zero-order valence-electron chi connectivity index (χ0n) is 43.4. The van der Waals surface area contributed by atoms with Gasteiger partial charge >= 0.3 is 0 Å². The third kappa shape index (κ3) is 8.76. The van der Waals surface area contributed by atoms with Crippen LogP contribution >= 0.6 is 0 Å². The van der Waals surface area contributed by atoms with Crippen molar-refractivity contribution in [2.75, 3.05) is 0 Å². The number of hydrogen-bond donors (Lipinski definition) is 0. The van der Waals surface area contributed by atoms with Crippen LogP contribution in [0.1, 0.15) is 0 Å². The third-order valence-corrected chi connectivity index (χ3v) is 19.8. The molecule has 80 heavy (non-hydrogen) atoms. The van der Waals surface area contributed by atoms with Gasteiger partial charge in [0.2, 0.25) is 0 Å². The normalized spacial score (nSPS) is 11.5. The third-order valence-electron chi connectivity index (χ3n) is 15.1. The van der Waals surface area contributed by atoms with Gasteiger partial charge in [0.15, 0.2) is 43.0 Å². The molecule has 0 spiro atoms. The molecule has 0 fully saturated rings. The summed E-state index contributed by atoms with van der Waals surface area (Å²) in [6.07, 6.45) is 0. The predicted molar refractivity (Wildman–Crippen MR) is 329 cm³/mol. The van der Waals surface area contributed by atoms with Crippen LogP contribution in [0.3, 0.4) is 0 Å². The molecule has 0 saturated carbocycles. The lowest BCUT2D eigenvalue weighted by molar-refractivity contribution is 1.07. The van der Waals surface area contributed by atoms with Gasteiger partial charge < -0.3 is 4.57 Å². The smallest absolute Gasteiger partial charge is 0.179 e. The van der Waals surface area contributed by atoms with Crippen LogP contribution in [0, 0.1) is 0 Å². The van der Waals surface area contributed by atoms with Crippen LogP contribution in [0.2, 0.25) is 0 Å². The number of aromatic nitrogens is 7. The predicted octanol–water partition coefficient (Wildman–Crippen LogP) is 14.2. The average Bonchev–Trinajstić information content (AvgIpc) is 3.96. The lowest BCUT2D eigenvalue weighted by Gasteiger charge is -2.34. The van der Waals surface area contributed by atoms with Gasteiger partial charge in [0.05, 0.1) is 11.0 Å². The Bertz CT molecular complexity index is 4290. The van der Waals surface area contributed by atoms with Gasteiger partial charge in [0.25, 0.3) is 0 Å². The van der Waals surface area contributed by atoms with Crippen molar-refractivity contribution in [3.05, 3.63) is 297 Å². The minimum atomic E-state index is -2.91. The molecule has 7 nitrogen and oxygen atoms in total. The van der Waals surface area contributed by atoms with Gasteiger partial charge in [0.1, 0.15) is 0 Å². The Morgan fingerprint density at radius 1 is 0.225 bits per heavy atom. The molecule has 3 heterocycles. The Morgan fingerprint density at radius 2 is 0.600 bits per heavy atom. The molecule has 0 bridgehead atoms. The number of rotatable bonds is 12. The van der Waals surface area contributed by atoms with Crippen molar-refractivity contribution >= 4 is 50.6 Å². The first kappa shape index (κ1) is 47.9. The highest BCUT2D eigenvalue weighted by atomic mass is 28.3. The average molecular weight is 1040 g/mol. The van der Waals surface area contributed by atoms with Crippen molar-refractivity contribution in [2.24, 2.45) is 0 Å². The molecule has 11 aromatic carbocycles. The van der Waals surface area contributed by atoms with Crippen molar-refractivity contribution in [3.63, 3.8) is 0 Å². The number of benzene rings is 11. The van der Waals surface area contributed by atoms with Crippen molar-refractivity contribution in [1.82, 2.24) is 34.5 Å². The Morgan fingerprint density at radius 3 is 1.07 bits per heavy atom. The van der Waals surface area contributed by atoms with Crippen LogP contribution in [0.25, 0.3) is 107 Å². The van der Waals surface area contributed by atoms with Crippen molar-refractivity contribution in [3.8, 4) is 85.1 Å². The molecule has 14 aromatic rings. The fraction of sp³-hybridized carbons (Fsp3) is 0. The van der Waals surface area contributed by atoms with Crippen LogP contribution < -0.4 is 20.7 Å². The molecular formula is C72H49N7Si. The molecule has 0 aliphatic heterocycles. The molecule has 0 radical (unpaired) electrons. The molecular weight excluding hydrogens is 991 g/mol. The monoisotopic (exact) mass is 1040 g/mol. The SMILES string of the molecule is c1ccc(-c2nc(-c3ccccc3)nc(-c3ccc4c(c3)c3ccccc3n4-c3ccc(-c4cccc([Si](c5ccccc5)(c5ccccc5)c5ccccc5)c4)c(-c4nc(-c5ccccc5)nc(-c5ccccc5)n4)c3)n2)cc1. The molecule has 0 N–H and O–H groups in total. The first-order valence-electron chi connectivity index (χ1n) is 26.9. The second-order valence-corrected chi connectivity index (χ2v) is 23.6. The molecule has 3 aromatic heterocycles. The van der Waals surface area contributed by atoms with E-state index >= 15 is 0 Å². The fourth-order valence-corrected chi connectivity index (χ4v) is 16.1. The first-order valence-corrected chi connectivity index (χ1v) is 28.9. The number of fused-ring (bicyclic) bond motifs is 3. The van der Waals surface area contributed by atoms with Gasteiger partial charge in [-0.1, -0.05) is 261 Å². The van der Waals surface area contributed by atoms with Crippen LogP contribution in [0.5, 0.6) is 0 Å². The molecule has 376 valence electrons. The van der Waals surface area contributed by atoms with Crippen molar-refractivity contribution in [2.45, 2.75) is 0 Å². The van der Waals surface area contributed by atoms with E-state index < -0.39 is 8.07 Å². The summed E-state index contributed by atoms with van der Waals surface area (Å²) in [5.74, 6) is 3.59. The van der Waals surface area contributed by atoms with Gasteiger partial charge in [-0.3, -0.25) is 0 Å². The highest BCUT2D eigenvalue weighted by molar-refractivity contribution is 7.19. The lowest BCUT2D eigenvalue weighted by atomic mass is 9.98. The van der Waals surface area contributed by atoms with E-state index in [-0.39, 0.29) is 0 Å². The van der Waals surface area contributed by atoms with Gasteiger partial charge in [-0.15, -0.1) is 0 Å². The fourth-order valence-electron chi connectivity index (χ4n) is 11.3. The minimum absolute atomic E-state index is 0.568. The summed E-state index contributed by atoms with van der Waals surface area (Å²) in [5, 5.41) is 7.36. The Balaban J connectivity index is 0.997. The number of hydrogen-bond acceptors (Lipinski definition) is 6. The van der Waals surface area contributed by atoms with Gasteiger partial charge in [0, 0.05) is 49.8 Å². The zero-order chi connectivity index (χ0) is 53.2. The summed E-state index contributed by atoms with van der Waals surface area (Å²) in [5.41, 5.74) is 10.5. The van der Waals surface area contributed by atoms with Crippen LogP contribution in [-0.2, 0) is 0 Å². The molecule has 0 aliphatic rings. The van der Waals surface area contributed by atoms with Crippen LogP contribution in [0.15, 0.2) is 297 Å². The van der Waals surface area contributed by atoms with Crippen LogP contribution in [0.4, 0.5) is 0 Å². The number of para-hydroxylation sites is 1. The molecule has 14 rings (SSSR count). The number of nitrogens with zero attached hydrogens (tertiary/aromatic N) is 7. The topological polar surface area (TPSA) is 82.3 Å². The largest absolute Gasteiger partial charge is 0.309 e. The molecule has 0 aliphatic carbocycles. The second kappa shape index (κ2) is 20.8. The Labute approximate surface area is 465 Å². The standard InChI is InChI=1S/C72H49N7Si/c1-8-25-50(26-9-1)67-73-68(51-27-10-2-11-28-51)76-71(75-67)55-43-46-66-63(48-55)62-41-22-23-42-65(62)79(66)56-44-45-61(64(49-56)72-77-69(52-29-12-3-13-30-52)74-70(78-72)53-31-14-4-15-32-53)54-33-24-40-60(47-54)80(57-34-16-5-17-35-57,58-36-18-6-19-37-58)59-38-20-7-21-39-59/h1-49H. The summed E-state index contributed by atoms with van der Waals surface area (Å²) in [4.78, 5) is 31.2. The highest BCUT2D eigenvalue weighted by Gasteiger charge is 2.41. The summed E-state index contributed by atoms with van der Waals surface area (Å²) >= 11 is 0. The second-order valence-electron chi connectivity index (χ2n) is 19.8. The van der Waals surface area contributed by atoms with E-state index in [1.807, 2.05) is 97.1 Å². The van der Waals surface area contributed by atoms with E-state index in [0.717, 1.165) is 72.0 Å². The lowest BCUT2D eigenvalue weighted by Crippen LogP contribution is -2.74. The van der Waals surface area contributed by atoms with Gasteiger partial charge in [-0.25, -0.2) is 29.9 Å². The maximum absolute atomic E-state index is 5.41. The minimum Gasteiger partial charge on any atom is -0.309 e. The maximum Gasteiger partial charge on any atom is 0.179 e. The molecule has 0 atom stereocenters. The van der Waals surface area contributed by atoms with E-state index in [1.54, 1.807) is 0 Å². The van der Waals surface area contributed by atoms with E-state index in [1.165, 1.54) is 20.7 Å². The summed E-state index contributed by atoms with van der Waals surface area (Å²) < 4.78 is 2.35. The van der Waals surface area contributed by atoms with Crippen molar-refractivity contribution < 1.29 is 0 Å². The molecule has 0 unspecified atom stereocenters. The highest BCUT2D eigenvalue weighted by Crippen LogP contribution is 2.39. The van der Waals surface area contributed by atoms with Crippen LogP contribution in [-0.4, -0.2) is 42.5 Å². The van der Waals surface area contributed by atoms with E-state index in [2.05, 4.69) is 205 Å².